The molecule has 0 aliphatic heterocycles. The average molecular weight is 456 g/mol. The number of ether oxygens (including phenoxy) is 1. The average Bonchev–Trinajstić information content (AvgIpc) is 3.10. The maximum atomic E-state index is 12.7. The molecule has 0 radical (unpaired) electrons. The topological polar surface area (TPSA) is 90.3 Å². The molecule has 1 amide bonds. The maximum Gasteiger partial charge on any atom is 0.265 e. The Bertz CT molecular complexity index is 1340. The number of fused-ring (bicyclic) bond motifs is 1. The van der Waals surface area contributed by atoms with Crippen LogP contribution in [0, 0.1) is 0 Å². The van der Waals surface area contributed by atoms with Crippen LogP contribution in [0.4, 0.5) is 0 Å². The van der Waals surface area contributed by atoms with Crippen LogP contribution in [0.5, 0.6) is 5.75 Å². The van der Waals surface area contributed by atoms with Gasteiger partial charge in [-0.3, -0.25) is 4.79 Å². The molecule has 0 bridgehead atoms. The summed E-state index contributed by atoms with van der Waals surface area (Å²) in [5.74, 6) is 0.436. The summed E-state index contributed by atoms with van der Waals surface area (Å²) in [5.41, 5.74) is 1.37. The molecule has 1 heterocycles. The Balaban J connectivity index is 1.58. The molecule has 0 saturated heterocycles. The lowest BCUT2D eigenvalue weighted by Gasteiger charge is -2.12. The summed E-state index contributed by atoms with van der Waals surface area (Å²) in [7, 11) is -4.11. The van der Waals surface area contributed by atoms with Crippen LogP contribution >= 0.6 is 11.6 Å². The predicted octanol–water partition coefficient (Wildman–Crippen LogP) is 3.77. The minimum Gasteiger partial charge on any atom is -0.486 e. The van der Waals surface area contributed by atoms with Gasteiger partial charge in [-0.25, -0.2) is 18.1 Å². The van der Waals surface area contributed by atoms with Crippen LogP contribution in [0.2, 0.25) is 5.02 Å². The molecule has 4 aromatic rings. The second-order valence-electron chi connectivity index (χ2n) is 6.66. The number of para-hydroxylation sites is 3. The lowest BCUT2D eigenvalue weighted by molar-refractivity contribution is -0.119. The molecule has 0 fully saturated rings. The molecule has 0 saturated carbocycles. The standard InChI is InChI=1S/C22H18ClN3O4S/c23-17-10-4-7-13-20(17)31(28,29)25-22(27)14-26-19-12-6-5-11-18(19)24-21(26)15-30-16-8-2-1-3-9-16/h1-13H,14-15H2,(H,25,27). The van der Waals surface area contributed by atoms with E-state index in [-0.39, 0.29) is 23.1 Å². The molecular formula is C22H18ClN3O4S. The fourth-order valence-corrected chi connectivity index (χ4v) is 4.62. The van der Waals surface area contributed by atoms with Crippen molar-refractivity contribution in [2.24, 2.45) is 0 Å². The number of amides is 1. The van der Waals surface area contributed by atoms with Gasteiger partial charge >= 0.3 is 0 Å². The van der Waals surface area contributed by atoms with E-state index in [9.17, 15) is 13.2 Å². The number of nitrogens with zero attached hydrogens (tertiary/aromatic N) is 2. The molecule has 4 rings (SSSR count). The molecule has 9 heteroatoms. The second-order valence-corrected chi connectivity index (χ2v) is 8.72. The Morgan fingerprint density at radius 2 is 1.65 bits per heavy atom. The van der Waals surface area contributed by atoms with Crippen molar-refractivity contribution < 1.29 is 17.9 Å². The number of hydrogen-bond donors (Lipinski definition) is 1. The first-order chi connectivity index (χ1) is 14.9. The normalized spacial score (nSPS) is 11.4. The molecule has 3 aromatic carbocycles. The monoisotopic (exact) mass is 455 g/mol. The van der Waals surface area contributed by atoms with Gasteiger partial charge in [-0.05, 0) is 36.4 Å². The zero-order chi connectivity index (χ0) is 21.8. The summed E-state index contributed by atoms with van der Waals surface area (Å²) in [5, 5.41) is 0.0350. The smallest absolute Gasteiger partial charge is 0.265 e. The number of imidazole rings is 1. The molecule has 0 atom stereocenters. The quantitative estimate of drug-likeness (QED) is 0.458. The lowest BCUT2D eigenvalue weighted by Crippen LogP contribution is -2.34. The molecular weight excluding hydrogens is 438 g/mol. The number of nitrogens with one attached hydrogen (secondary N) is 1. The van der Waals surface area contributed by atoms with Crippen molar-refractivity contribution in [3.05, 3.63) is 89.7 Å². The van der Waals surface area contributed by atoms with Gasteiger partial charge in [0.2, 0.25) is 0 Å². The van der Waals surface area contributed by atoms with Crippen LogP contribution in [0.15, 0.2) is 83.8 Å². The molecule has 0 unspecified atom stereocenters. The Hall–Kier alpha value is -3.36. The highest BCUT2D eigenvalue weighted by Crippen LogP contribution is 2.21. The summed E-state index contributed by atoms with van der Waals surface area (Å²) >= 11 is 5.98. The van der Waals surface area contributed by atoms with Crippen molar-refractivity contribution in [2.75, 3.05) is 0 Å². The molecule has 7 nitrogen and oxygen atoms in total. The van der Waals surface area contributed by atoms with Gasteiger partial charge in [0.15, 0.2) is 0 Å². The van der Waals surface area contributed by atoms with E-state index >= 15 is 0 Å². The van der Waals surface area contributed by atoms with Gasteiger partial charge in [-0.15, -0.1) is 0 Å². The van der Waals surface area contributed by atoms with Gasteiger partial charge in [-0.1, -0.05) is 54.1 Å². The van der Waals surface area contributed by atoms with E-state index in [0.29, 0.717) is 22.6 Å². The van der Waals surface area contributed by atoms with Gasteiger partial charge in [-0.2, -0.15) is 0 Å². The first kappa shape index (κ1) is 20.9. The minimum atomic E-state index is -4.11. The van der Waals surface area contributed by atoms with Crippen molar-refractivity contribution in [3.8, 4) is 5.75 Å². The third-order valence-corrected chi connectivity index (χ3v) is 6.39. The van der Waals surface area contributed by atoms with Crippen LogP contribution in [-0.4, -0.2) is 23.9 Å². The van der Waals surface area contributed by atoms with Gasteiger partial charge < -0.3 is 9.30 Å². The summed E-state index contributed by atoms with van der Waals surface area (Å²) in [6, 6.07) is 22.4. The number of sulfonamides is 1. The first-order valence-electron chi connectivity index (χ1n) is 9.36. The third kappa shape index (κ3) is 4.70. The summed E-state index contributed by atoms with van der Waals surface area (Å²) in [4.78, 5) is 17.0. The zero-order valence-electron chi connectivity index (χ0n) is 16.2. The van der Waals surface area contributed by atoms with E-state index in [4.69, 9.17) is 16.3 Å². The number of carbonyl (C=O) groups is 1. The van der Waals surface area contributed by atoms with E-state index < -0.39 is 15.9 Å². The summed E-state index contributed by atoms with van der Waals surface area (Å²) in [6.45, 7) is -0.138. The van der Waals surface area contributed by atoms with Gasteiger partial charge in [0.1, 0.15) is 29.6 Å². The number of aromatic nitrogens is 2. The molecule has 0 aliphatic rings. The van der Waals surface area contributed by atoms with E-state index in [1.807, 2.05) is 54.6 Å². The predicted molar refractivity (Wildman–Crippen MR) is 117 cm³/mol. The number of benzene rings is 3. The molecule has 1 N–H and O–H groups in total. The third-order valence-electron chi connectivity index (χ3n) is 4.52. The molecule has 0 aliphatic carbocycles. The maximum absolute atomic E-state index is 12.7. The number of halogens is 1. The minimum absolute atomic E-state index is 0.0350. The highest BCUT2D eigenvalue weighted by molar-refractivity contribution is 7.90. The van der Waals surface area contributed by atoms with Crippen LogP contribution in [0.1, 0.15) is 5.82 Å². The van der Waals surface area contributed by atoms with Gasteiger partial charge in [0, 0.05) is 0 Å². The van der Waals surface area contributed by atoms with E-state index in [2.05, 4.69) is 9.71 Å². The van der Waals surface area contributed by atoms with Crippen LogP contribution in [-0.2, 0) is 28.0 Å². The number of hydrogen-bond acceptors (Lipinski definition) is 5. The van der Waals surface area contributed by atoms with Crippen LogP contribution in [0.3, 0.4) is 0 Å². The number of carbonyl (C=O) groups excluding carboxylic acids is 1. The summed E-state index contributed by atoms with van der Waals surface area (Å²) < 4.78 is 34.7. The fraction of sp³-hybridized carbons (Fsp3) is 0.0909. The van der Waals surface area contributed by atoms with Crippen molar-refractivity contribution in [1.82, 2.24) is 14.3 Å². The van der Waals surface area contributed by atoms with Crippen molar-refractivity contribution in [3.63, 3.8) is 0 Å². The fourth-order valence-electron chi connectivity index (χ4n) is 3.12. The first-order valence-corrected chi connectivity index (χ1v) is 11.2. The van der Waals surface area contributed by atoms with Crippen LogP contribution < -0.4 is 9.46 Å². The van der Waals surface area contributed by atoms with Crippen LogP contribution in [0.25, 0.3) is 11.0 Å². The van der Waals surface area contributed by atoms with E-state index in [0.717, 1.165) is 0 Å². The molecule has 158 valence electrons. The van der Waals surface area contributed by atoms with E-state index in [1.54, 1.807) is 10.6 Å². The number of rotatable bonds is 7. The molecule has 1 aromatic heterocycles. The molecule has 31 heavy (non-hydrogen) atoms. The highest BCUT2D eigenvalue weighted by Gasteiger charge is 2.22. The lowest BCUT2D eigenvalue weighted by atomic mass is 10.3. The highest BCUT2D eigenvalue weighted by atomic mass is 35.5. The van der Waals surface area contributed by atoms with Crippen molar-refractivity contribution >= 4 is 38.6 Å². The summed E-state index contributed by atoms with van der Waals surface area (Å²) in [6.07, 6.45) is 0. The van der Waals surface area contributed by atoms with Crippen molar-refractivity contribution in [1.29, 1.82) is 0 Å². The Morgan fingerprint density at radius 1 is 0.968 bits per heavy atom. The Kier molecular flexibility index (Phi) is 5.92. The SMILES string of the molecule is O=C(Cn1c(COc2ccccc2)nc2ccccc21)NS(=O)(=O)c1ccccc1Cl. The second kappa shape index (κ2) is 8.79. The molecule has 0 spiro atoms. The van der Waals surface area contributed by atoms with E-state index in [1.165, 1.54) is 18.2 Å². The largest absolute Gasteiger partial charge is 0.486 e. The Morgan fingerprint density at radius 3 is 2.42 bits per heavy atom. The zero-order valence-corrected chi connectivity index (χ0v) is 17.8. The van der Waals surface area contributed by atoms with Gasteiger partial charge in [0.05, 0.1) is 16.1 Å². The van der Waals surface area contributed by atoms with Crippen molar-refractivity contribution in [2.45, 2.75) is 18.0 Å². The van der Waals surface area contributed by atoms with Gasteiger partial charge in [0.25, 0.3) is 15.9 Å². The Labute approximate surface area is 184 Å².